The van der Waals surface area contributed by atoms with Gasteiger partial charge in [-0.2, -0.15) is 0 Å². The lowest BCUT2D eigenvalue weighted by molar-refractivity contribution is 0.306. The molecule has 4 rings (SSSR count). The fraction of sp³-hybridized carbons (Fsp3) is 0.400. The largest absolute Gasteiger partial charge is 0.343 e. The lowest BCUT2D eigenvalue weighted by Gasteiger charge is -2.29. The molecule has 0 atom stereocenters. The topological polar surface area (TPSA) is 34.0 Å². The van der Waals surface area contributed by atoms with E-state index < -0.39 is 0 Å². The van der Waals surface area contributed by atoms with E-state index in [-0.39, 0.29) is 5.41 Å². The van der Waals surface area contributed by atoms with E-state index in [1.165, 1.54) is 22.2 Å². The van der Waals surface area contributed by atoms with Gasteiger partial charge in [0.05, 0.1) is 0 Å². The van der Waals surface area contributed by atoms with Crippen molar-refractivity contribution in [2.75, 3.05) is 13.6 Å². The van der Waals surface area contributed by atoms with Crippen molar-refractivity contribution in [3.8, 4) is 0 Å². The third-order valence-electron chi connectivity index (χ3n) is 5.30. The molecule has 2 aromatic heterocycles. The minimum absolute atomic E-state index is 0.0516. The number of aromatic nitrogens is 3. The number of nitrogens with zero attached hydrogens (tertiary/aromatic N) is 4. The third-order valence-corrected chi connectivity index (χ3v) is 5.54. The van der Waals surface area contributed by atoms with Crippen molar-refractivity contribution in [3.63, 3.8) is 0 Å². The SMILES string of the molecule is CN1CCc2c(c3cc(Cl)ccc3n2CC(C)(C)c2cncnc2)C1. The van der Waals surface area contributed by atoms with Crippen LogP contribution >= 0.6 is 11.6 Å². The average Bonchev–Trinajstić information content (AvgIpc) is 2.88. The Balaban J connectivity index is 1.85. The van der Waals surface area contributed by atoms with Crippen molar-refractivity contribution in [2.45, 2.75) is 38.8 Å². The highest BCUT2D eigenvalue weighted by Crippen LogP contribution is 2.35. The number of hydrogen-bond donors (Lipinski definition) is 0. The molecule has 25 heavy (non-hydrogen) atoms. The number of benzene rings is 1. The Morgan fingerprint density at radius 1 is 1.20 bits per heavy atom. The van der Waals surface area contributed by atoms with E-state index in [2.05, 4.69) is 52.5 Å². The maximum atomic E-state index is 6.30. The van der Waals surface area contributed by atoms with E-state index in [1.54, 1.807) is 6.33 Å². The Hall–Kier alpha value is -1.91. The van der Waals surface area contributed by atoms with Crippen molar-refractivity contribution in [1.82, 2.24) is 19.4 Å². The molecule has 5 heteroatoms. The summed E-state index contributed by atoms with van der Waals surface area (Å²) in [6.45, 7) is 7.49. The summed E-state index contributed by atoms with van der Waals surface area (Å²) in [5.41, 5.74) is 5.25. The molecule has 0 bridgehead atoms. The first-order valence-electron chi connectivity index (χ1n) is 8.69. The predicted molar refractivity (Wildman–Crippen MR) is 102 cm³/mol. The predicted octanol–water partition coefficient (Wildman–Crippen LogP) is 4.05. The smallest absolute Gasteiger partial charge is 0.115 e. The van der Waals surface area contributed by atoms with Crippen LogP contribution in [0.1, 0.15) is 30.7 Å². The van der Waals surface area contributed by atoms with Crippen LogP contribution in [0.4, 0.5) is 0 Å². The highest BCUT2D eigenvalue weighted by atomic mass is 35.5. The summed E-state index contributed by atoms with van der Waals surface area (Å²) in [6, 6.07) is 6.27. The Kier molecular flexibility index (Phi) is 4.05. The van der Waals surface area contributed by atoms with Crippen LogP contribution in [-0.2, 0) is 24.9 Å². The molecular weight excluding hydrogens is 332 g/mol. The zero-order chi connectivity index (χ0) is 17.6. The highest BCUT2D eigenvalue weighted by molar-refractivity contribution is 6.31. The van der Waals surface area contributed by atoms with Crippen LogP contribution < -0.4 is 0 Å². The van der Waals surface area contributed by atoms with Crippen LogP contribution in [0, 0.1) is 0 Å². The zero-order valence-corrected chi connectivity index (χ0v) is 15.7. The van der Waals surface area contributed by atoms with Gasteiger partial charge in [-0.3, -0.25) is 0 Å². The van der Waals surface area contributed by atoms with E-state index in [9.17, 15) is 0 Å². The van der Waals surface area contributed by atoms with E-state index in [0.29, 0.717) is 0 Å². The van der Waals surface area contributed by atoms with Crippen molar-refractivity contribution in [1.29, 1.82) is 0 Å². The van der Waals surface area contributed by atoms with Crippen LogP contribution in [0.25, 0.3) is 10.9 Å². The van der Waals surface area contributed by atoms with Crippen molar-refractivity contribution in [3.05, 3.63) is 58.8 Å². The Labute approximate surface area is 153 Å². The molecule has 4 nitrogen and oxygen atoms in total. The monoisotopic (exact) mass is 354 g/mol. The minimum Gasteiger partial charge on any atom is -0.343 e. The van der Waals surface area contributed by atoms with Crippen LogP contribution in [0.5, 0.6) is 0 Å². The molecule has 1 aliphatic rings. The molecule has 0 amide bonds. The first kappa shape index (κ1) is 16.6. The maximum Gasteiger partial charge on any atom is 0.115 e. The lowest BCUT2D eigenvalue weighted by atomic mass is 9.86. The molecule has 0 unspecified atom stereocenters. The van der Waals surface area contributed by atoms with Gasteiger partial charge in [0.2, 0.25) is 0 Å². The number of halogens is 1. The summed E-state index contributed by atoms with van der Waals surface area (Å²) in [7, 11) is 2.18. The van der Waals surface area contributed by atoms with E-state index >= 15 is 0 Å². The van der Waals surface area contributed by atoms with Crippen molar-refractivity contribution in [2.24, 2.45) is 0 Å². The Bertz CT molecular complexity index is 914. The van der Waals surface area contributed by atoms with Crippen molar-refractivity contribution < 1.29 is 0 Å². The maximum absolute atomic E-state index is 6.30. The Morgan fingerprint density at radius 3 is 2.72 bits per heavy atom. The molecule has 130 valence electrons. The van der Waals surface area contributed by atoms with Gasteiger partial charge in [0, 0.05) is 65.5 Å². The fourth-order valence-electron chi connectivity index (χ4n) is 3.87. The average molecular weight is 355 g/mol. The molecule has 0 fully saturated rings. The van der Waals surface area contributed by atoms with E-state index in [4.69, 9.17) is 11.6 Å². The van der Waals surface area contributed by atoms with Gasteiger partial charge in [-0.25, -0.2) is 9.97 Å². The van der Waals surface area contributed by atoms with Gasteiger partial charge >= 0.3 is 0 Å². The minimum atomic E-state index is -0.0516. The molecule has 0 N–H and O–H groups in total. The molecule has 0 saturated carbocycles. The lowest BCUT2D eigenvalue weighted by Crippen LogP contribution is -2.30. The molecule has 0 radical (unpaired) electrons. The van der Waals surface area contributed by atoms with Gasteiger partial charge in [0.1, 0.15) is 6.33 Å². The van der Waals surface area contributed by atoms with Gasteiger partial charge in [-0.15, -0.1) is 0 Å². The van der Waals surface area contributed by atoms with E-state index in [0.717, 1.165) is 36.6 Å². The van der Waals surface area contributed by atoms with E-state index in [1.807, 2.05) is 18.5 Å². The van der Waals surface area contributed by atoms with Crippen LogP contribution in [0.15, 0.2) is 36.9 Å². The standard InChI is InChI=1S/C20H23ClN4/c1-20(2,14-9-22-13-23-10-14)12-25-18-5-4-15(21)8-16(18)17-11-24(3)7-6-19(17)25/h4-5,8-10,13H,6-7,11-12H2,1-3H3. The first-order chi connectivity index (χ1) is 12.0. The number of fused-ring (bicyclic) bond motifs is 3. The summed E-state index contributed by atoms with van der Waals surface area (Å²) < 4.78 is 2.49. The fourth-order valence-corrected chi connectivity index (χ4v) is 4.04. The number of likely N-dealkylation sites (N-methyl/N-ethyl adjacent to an activating group) is 1. The quantitative estimate of drug-likeness (QED) is 0.711. The van der Waals surface area contributed by atoms with Gasteiger partial charge < -0.3 is 9.47 Å². The molecule has 1 aromatic carbocycles. The number of rotatable bonds is 3. The second kappa shape index (κ2) is 6.11. The molecular formula is C20H23ClN4. The molecule has 1 aliphatic heterocycles. The summed E-state index contributed by atoms with van der Waals surface area (Å²) >= 11 is 6.30. The third kappa shape index (κ3) is 2.94. The molecule has 0 aliphatic carbocycles. The summed E-state index contributed by atoms with van der Waals surface area (Å²) in [5.74, 6) is 0. The Morgan fingerprint density at radius 2 is 1.96 bits per heavy atom. The van der Waals surface area contributed by atoms with Gasteiger partial charge in [0.25, 0.3) is 0 Å². The summed E-state index contributed by atoms with van der Waals surface area (Å²) in [5, 5.41) is 2.09. The molecule has 0 saturated heterocycles. The van der Waals surface area contributed by atoms with Crippen LogP contribution in [0.3, 0.4) is 0 Å². The van der Waals surface area contributed by atoms with Crippen LogP contribution in [0.2, 0.25) is 5.02 Å². The molecule has 3 aromatic rings. The van der Waals surface area contributed by atoms with Gasteiger partial charge in [0.15, 0.2) is 0 Å². The molecule has 0 spiro atoms. The highest BCUT2D eigenvalue weighted by Gasteiger charge is 2.28. The normalized spacial score (nSPS) is 15.5. The van der Waals surface area contributed by atoms with Crippen LogP contribution in [-0.4, -0.2) is 33.0 Å². The summed E-state index contributed by atoms with van der Waals surface area (Å²) in [6.07, 6.45) is 6.51. The summed E-state index contributed by atoms with van der Waals surface area (Å²) in [4.78, 5) is 10.8. The number of hydrogen-bond acceptors (Lipinski definition) is 3. The molecule has 3 heterocycles. The first-order valence-corrected chi connectivity index (χ1v) is 9.07. The van der Waals surface area contributed by atoms with Gasteiger partial charge in [-0.05, 0) is 36.4 Å². The van der Waals surface area contributed by atoms with Crippen molar-refractivity contribution >= 4 is 22.5 Å². The van der Waals surface area contributed by atoms with Gasteiger partial charge in [-0.1, -0.05) is 25.4 Å². The second-order valence-electron chi connectivity index (χ2n) is 7.67. The zero-order valence-electron chi connectivity index (χ0n) is 15.0. The second-order valence-corrected chi connectivity index (χ2v) is 8.11.